The number of imidazole rings is 1. The lowest BCUT2D eigenvalue weighted by Crippen LogP contribution is -2.46. The highest BCUT2D eigenvalue weighted by molar-refractivity contribution is 7.89. The Kier molecular flexibility index (Phi) is 6.84. The van der Waals surface area contributed by atoms with Gasteiger partial charge in [-0.05, 0) is 55.8 Å². The average molecular weight is 514 g/mol. The van der Waals surface area contributed by atoms with Gasteiger partial charge in [0.2, 0.25) is 15.9 Å². The zero-order chi connectivity index (χ0) is 25.4. The highest BCUT2D eigenvalue weighted by Gasteiger charge is 2.23. The Bertz CT molecular complexity index is 1420. The van der Waals surface area contributed by atoms with Crippen LogP contribution in [0.15, 0.2) is 46.1 Å². The number of benzene rings is 2. The van der Waals surface area contributed by atoms with Crippen LogP contribution in [-0.4, -0.2) is 78.7 Å². The number of rotatable bonds is 8. The largest absolute Gasteiger partial charge is 0.493 e. The number of hydrogen-bond donors (Lipinski definition) is 1. The van der Waals surface area contributed by atoms with Crippen LogP contribution in [0.1, 0.15) is 25.0 Å². The summed E-state index contributed by atoms with van der Waals surface area (Å²) in [4.78, 5) is 17.6. The topological polar surface area (TPSA) is 91.0 Å². The summed E-state index contributed by atoms with van der Waals surface area (Å²) in [5, 5.41) is 12.4. The summed E-state index contributed by atoms with van der Waals surface area (Å²) in [7, 11) is -0.373. The highest BCUT2D eigenvalue weighted by atomic mass is 32.2. The van der Waals surface area contributed by atoms with E-state index in [1.54, 1.807) is 30.8 Å². The first-order valence-electron chi connectivity index (χ1n) is 12.7. The fourth-order valence-corrected chi connectivity index (χ4v) is 6.36. The minimum atomic E-state index is -3.47. The van der Waals surface area contributed by atoms with Crippen molar-refractivity contribution >= 4 is 26.5 Å². The van der Waals surface area contributed by atoms with Gasteiger partial charge in [0.05, 0.1) is 10.6 Å². The van der Waals surface area contributed by atoms with Gasteiger partial charge in [0.15, 0.2) is 0 Å². The predicted molar refractivity (Wildman–Crippen MR) is 141 cm³/mol. The van der Waals surface area contributed by atoms with Gasteiger partial charge in [-0.2, -0.15) is 0 Å². The number of hydrogen-bond acceptors (Lipinski definition) is 6. The van der Waals surface area contributed by atoms with E-state index in [2.05, 4.69) is 15.9 Å². The molecule has 1 aromatic heterocycles. The standard InChI is InChI=1S/C26H35N5O4S/c1-27(2)36(34,35)21-10-11-22-20(19-21)7-5-8-23(22)29-17-15-28(16-18-29)12-3-4-13-31-25(32)24-9-6-14-30(24)26(31)33/h5,7-8,10-11,19,32H,3-4,6,9,12-18H2,1-2H3. The van der Waals surface area contributed by atoms with E-state index >= 15 is 0 Å². The monoisotopic (exact) mass is 513 g/mol. The van der Waals surface area contributed by atoms with Crippen molar-refractivity contribution in [2.24, 2.45) is 0 Å². The lowest BCUT2D eigenvalue weighted by Gasteiger charge is -2.36. The predicted octanol–water partition coefficient (Wildman–Crippen LogP) is 2.31. The first-order valence-corrected chi connectivity index (χ1v) is 14.1. The molecular weight excluding hydrogens is 478 g/mol. The number of aromatic hydroxyl groups is 1. The van der Waals surface area contributed by atoms with Crippen molar-refractivity contribution in [3.63, 3.8) is 0 Å². The summed E-state index contributed by atoms with van der Waals surface area (Å²) in [5.74, 6) is 0.160. The molecule has 0 aliphatic carbocycles. The van der Waals surface area contributed by atoms with Crippen molar-refractivity contribution in [2.45, 2.75) is 43.7 Å². The molecule has 0 bridgehead atoms. The zero-order valence-corrected chi connectivity index (χ0v) is 21.9. The number of nitrogens with zero attached hydrogens (tertiary/aromatic N) is 5. The molecule has 2 aromatic carbocycles. The van der Waals surface area contributed by atoms with Gasteiger partial charge >= 0.3 is 5.69 Å². The summed E-state index contributed by atoms with van der Waals surface area (Å²) < 4.78 is 29.5. The van der Waals surface area contributed by atoms with E-state index in [0.717, 1.165) is 80.6 Å². The van der Waals surface area contributed by atoms with Crippen molar-refractivity contribution < 1.29 is 13.5 Å². The second-order valence-corrected chi connectivity index (χ2v) is 12.1. The second-order valence-electron chi connectivity index (χ2n) is 9.94. The molecule has 3 heterocycles. The van der Waals surface area contributed by atoms with E-state index in [-0.39, 0.29) is 11.6 Å². The molecule has 10 heteroatoms. The molecule has 9 nitrogen and oxygen atoms in total. The lowest BCUT2D eigenvalue weighted by atomic mass is 10.1. The van der Waals surface area contributed by atoms with E-state index in [9.17, 15) is 18.3 Å². The SMILES string of the molecule is CN(C)S(=O)(=O)c1ccc2c(N3CCN(CCCCn4c(O)c5n(c4=O)CCC5)CC3)cccc2c1. The van der Waals surface area contributed by atoms with Crippen LogP contribution in [0.4, 0.5) is 5.69 Å². The Hall–Kier alpha value is -2.82. The van der Waals surface area contributed by atoms with Gasteiger partial charge in [0, 0.05) is 64.4 Å². The molecule has 0 radical (unpaired) electrons. The maximum atomic E-state index is 12.5. The van der Waals surface area contributed by atoms with E-state index in [0.29, 0.717) is 18.0 Å². The summed E-state index contributed by atoms with van der Waals surface area (Å²) in [6.45, 7) is 5.97. The van der Waals surface area contributed by atoms with E-state index in [1.165, 1.54) is 8.87 Å². The van der Waals surface area contributed by atoms with Gasteiger partial charge in [-0.25, -0.2) is 17.5 Å². The number of aromatic nitrogens is 2. The van der Waals surface area contributed by atoms with Gasteiger partial charge in [0.1, 0.15) is 0 Å². The minimum Gasteiger partial charge on any atom is -0.493 e. The van der Waals surface area contributed by atoms with Crippen LogP contribution in [0.2, 0.25) is 0 Å². The van der Waals surface area contributed by atoms with Crippen LogP contribution >= 0.6 is 0 Å². The summed E-state index contributed by atoms with van der Waals surface area (Å²) in [6.07, 6.45) is 3.55. The molecule has 1 fully saturated rings. The number of fused-ring (bicyclic) bond motifs is 2. The normalized spacial score (nSPS) is 16.8. The summed E-state index contributed by atoms with van der Waals surface area (Å²) >= 11 is 0. The first kappa shape index (κ1) is 24.9. The number of sulfonamides is 1. The second kappa shape index (κ2) is 9.91. The Morgan fingerprint density at radius 1 is 0.972 bits per heavy atom. The Balaban J connectivity index is 1.16. The highest BCUT2D eigenvalue weighted by Crippen LogP contribution is 2.30. The van der Waals surface area contributed by atoms with Crippen molar-refractivity contribution in [3.8, 4) is 5.88 Å². The lowest BCUT2D eigenvalue weighted by molar-refractivity contribution is 0.250. The molecule has 0 amide bonds. The molecule has 5 rings (SSSR count). The average Bonchev–Trinajstić information content (AvgIpc) is 3.45. The molecule has 2 aliphatic rings. The molecule has 2 aliphatic heterocycles. The van der Waals surface area contributed by atoms with Crippen molar-refractivity contribution in [1.29, 1.82) is 0 Å². The fourth-order valence-electron chi connectivity index (χ4n) is 5.42. The molecule has 1 N–H and O–H groups in total. The third kappa shape index (κ3) is 4.53. The fraction of sp³-hybridized carbons (Fsp3) is 0.500. The van der Waals surface area contributed by atoms with Crippen LogP contribution in [-0.2, 0) is 29.5 Å². The zero-order valence-electron chi connectivity index (χ0n) is 21.1. The number of unbranched alkanes of at least 4 members (excludes halogenated alkanes) is 1. The molecule has 0 saturated carbocycles. The third-order valence-corrected chi connectivity index (χ3v) is 9.33. The number of anilines is 1. The van der Waals surface area contributed by atoms with Crippen molar-refractivity contribution in [3.05, 3.63) is 52.6 Å². The third-order valence-electron chi connectivity index (χ3n) is 7.52. The van der Waals surface area contributed by atoms with Gasteiger partial charge in [0.25, 0.3) is 0 Å². The summed E-state index contributed by atoms with van der Waals surface area (Å²) in [6, 6.07) is 11.4. The Morgan fingerprint density at radius 3 is 2.44 bits per heavy atom. The Labute approximate surface area is 212 Å². The molecule has 0 atom stereocenters. The van der Waals surface area contributed by atoms with E-state index in [1.807, 2.05) is 18.2 Å². The van der Waals surface area contributed by atoms with Crippen LogP contribution in [0, 0.1) is 0 Å². The van der Waals surface area contributed by atoms with Gasteiger partial charge in [-0.1, -0.05) is 18.2 Å². The van der Waals surface area contributed by atoms with Crippen LogP contribution in [0.25, 0.3) is 10.8 Å². The van der Waals surface area contributed by atoms with E-state index in [4.69, 9.17) is 0 Å². The van der Waals surface area contributed by atoms with Crippen LogP contribution < -0.4 is 10.6 Å². The first-order chi connectivity index (χ1) is 17.3. The van der Waals surface area contributed by atoms with E-state index < -0.39 is 10.0 Å². The summed E-state index contributed by atoms with van der Waals surface area (Å²) in [5.41, 5.74) is 1.85. The minimum absolute atomic E-state index is 0.0739. The molecule has 1 saturated heterocycles. The molecule has 36 heavy (non-hydrogen) atoms. The van der Waals surface area contributed by atoms with Gasteiger partial charge in [-0.3, -0.25) is 14.0 Å². The quantitative estimate of drug-likeness (QED) is 0.465. The molecule has 3 aromatic rings. The Morgan fingerprint density at radius 2 is 1.72 bits per heavy atom. The molecule has 0 unspecified atom stereocenters. The molecule has 194 valence electrons. The smallest absolute Gasteiger partial charge is 0.331 e. The van der Waals surface area contributed by atoms with Crippen LogP contribution in [0.3, 0.4) is 0 Å². The molecule has 0 spiro atoms. The number of piperazine rings is 1. The van der Waals surface area contributed by atoms with Crippen molar-refractivity contribution in [2.75, 3.05) is 51.7 Å². The maximum absolute atomic E-state index is 12.5. The maximum Gasteiger partial charge on any atom is 0.331 e. The van der Waals surface area contributed by atoms with Gasteiger partial charge in [-0.15, -0.1) is 0 Å². The molecular formula is C26H35N5O4S. The van der Waals surface area contributed by atoms with Crippen LogP contribution in [0.5, 0.6) is 5.88 Å². The van der Waals surface area contributed by atoms with Gasteiger partial charge < -0.3 is 10.0 Å². The van der Waals surface area contributed by atoms with Crippen molar-refractivity contribution in [1.82, 2.24) is 18.3 Å².